The fraction of sp³-hybridized carbons (Fsp3) is 0.562. The summed E-state index contributed by atoms with van der Waals surface area (Å²) in [5.41, 5.74) is 3.84. The molecule has 0 spiro atoms. The molecule has 1 unspecified atom stereocenters. The van der Waals surface area contributed by atoms with Crippen molar-refractivity contribution in [2.45, 2.75) is 52.4 Å². The van der Waals surface area contributed by atoms with Crippen LogP contribution in [0.5, 0.6) is 0 Å². The van der Waals surface area contributed by atoms with E-state index in [1.807, 2.05) is 0 Å². The molecule has 4 heteroatoms. The minimum absolute atomic E-state index is 0.0419. The van der Waals surface area contributed by atoms with Crippen LogP contribution in [0.25, 0.3) is 0 Å². The number of amides is 1. The predicted molar refractivity (Wildman–Crippen MR) is 79.2 cm³/mol. The lowest BCUT2D eigenvalue weighted by molar-refractivity contribution is -0.131. The van der Waals surface area contributed by atoms with Crippen LogP contribution in [-0.4, -0.2) is 18.6 Å². The quantitative estimate of drug-likeness (QED) is 0.750. The Morgan fingerprint density at radius 2 is 2.20 bits per heavy atom. The Labute approximate surface area is 120 Å². The Morgan fingerprint density at radius 3 is 3.00 bits per heavy atom. The Bertz CT molecular complexity index is 460. The van der Waals surface area contributed by atoms with E-state index in [1.165, 1.54) is 11.1 Å². The van der Waals surface area contributed by atoms with Gasteiger partial charge in [-0.05, 0) is 30.0 Å². The first kappa shape index (κ1) is 15.0. The zero-order valence-corrected chi connectivity index (χ0v) is 12.4. The van der Waals surface area contributed by atoms with Crippen LogP contribution in [0.3, 0.4) is 0 Å². The molecule has 1 amide bonds. The van der Waals surface area contributed by atoms with Gasteiger partial charge in [0.15, 0.2) is 0 Å². The number of carbonyl (C=O) groups is 1. The highest BCUT2D eigenvalue weighted by Crippen LogP contribution is 2.16. The van der Waals surface area contributed by atoms with Gasteiger partial charge in [0, 0.05) is 26.2 Å². The fourth-order valence-corrected chi connectivity index (χ4v) is 2.27. The average Bonchev–Trinajstić information content (AvgIpc) is 2.92. The number of nitrogens with one attached hydrogen (secondary N) is 2. The second-order valence-electron chi connectivity index (χ2n) is 5.29. The standard InChI is InChI=1S/C16H24N2O2/c1-3-4-7-20-12(2)16(19)18-9-13-5-6-14-10-17-11-15(14)8-13/h5-6,8,12,17H,3-4,7,9-11H2,1-2H3,(H,18,19). The van der Waals surface area contributed by atoms with Crippen molar-refractivity contribution in [1.29, 1.82) is 0 Å². The molecule has 0 bridgehead atoms. The Morgan fingerprint density at radius 1 is 1.40 bits per heavy atom. The molecule has 1 heterocycles. The van der Waals surface area contributed by atoms with Crippen LogP contribution in [-0.2, 0) is 29.2 Å². The number of unbranched alkanes of at least 4 members (excludes halogenated alkanes) is 1. The highest BCUT2D eigenvalue weighted by Gasteiger charge is 2.14. The summed E-state index contributed by atoms with van der Waals surface area (Å²) < 4.78 is 5.48. The highest BCUT2D eigenvalue weighted by atomic mass is 16.5. The molecule has 0 saturated carbocycles. The van der Waals surface area contributed by atoms with Gasteiger partial charge >= 0.3 is 0 Å². The topological polar surface area (TPSA) is 50.4 Å². The molecule has 20 heavy (non-hydrogen) atoms. The van der Waals surface area contributed by atoms with E-state index in [0.29, 0.717) is 13.2 Å². The Kier molecular flexibility index (Phi) is 5.56. The summed E-state index contributed by atoms with van der Waals surface area (Å²) in [4.78, 5) is 11.9. The first-order valence-corrected chi connectivity index (χ1v) is 7.41. The first-order chi connectivity index (χ1) is 9.70. The van der Waals surface area contributed by atoms with Gasteiger partial charge in [0.25, 0.3) is 0 Å². The molecule has 4 nitrogen and oxygen atoms in total. The average molecular weight is 276 g/mol. The van der Waals surface area contributed by atoms with Gasteiger partial charge in [-0.25, -0.2) is 0 Å². The predicted octanol–water partition coefficient (Wildman–Crippen LogP) is 2.11. The van der Waals surface area contributed by atoms with E-state index < -0.39 is 0 Å². The van der Waals surface area contributed by atoms with Crippen molar-refractivity contribution in [2.24, 2.45) is 0 Å². The van der Waals surface area contributed by atoms with Gasteiger partial charge in [-0.1, -0.05) is 31.5 Å². The summed E-state index contributed by atoms with van der Waals surface area (Å²) in [5.74, 6) is -0.0419. The SMILES string of the molecule is CCCCOC(C)C(=O)NCc1ccc2c(c1)CNC2. The first-order valence-electron chi connectivity index (χ1n) is 7.41. The third-order valence-electron chi connectivity index (χ3n) is 3.60. The van der Waals surface area contributed by atoms with Crippen LogP contribution in [0.15, 0.2) is 18.2 Å². The number of fused-ring (bicyclic) bond motifs is 1. The van der Waals surface area contributed by atoms with Gasteiger partial charge in [-0.3, -0.25) is 4.79 Å². The minimum atomic E-state index is -0.377. The van der Waals surface area contributed by atoms with Crippen LogP contribution in [0.2, 0.25) is 0 Å². The zero-order chi connectivity index (χ0) is 14.4. The van der Waals surface area contributed by atoms with Crippen molar-refractivity contribution >= 4 is 5.91 Å². The van der Waals surface area contributed by atoms with Crippen LogP contribution in [0, 0.1) is 0 Å². The highest BCUT2D eigenvalue weighted by molar-refractivity contribution is 5.80. The number of hydrogen-bond donors (Lipinski definition) is 2. The molecule has 2 N–H and O–H groups in total. The lowest BCUT2D eigenvalue weighted by atomic mass is 10.1. The van der Waals surface area contributed by atoms with Crippen molar-refractivity contribution in [3.63, 3.8) is 0 Å². The van der Waals surface area contributed by atoms with Gasteiger partial charge in [-0.15, -0.1) is 0 Å². The van der Waals surface area contributed by atoms with Crippen LogP contribution < -0.4 is 10.6 Å². The van der Waals surface area contributed by atoms with Crippen LogP contribution >= 0.6 is 0 Å². The zero-order valence-electron chi connectivity index (χ0n) is 12.4. The second-order valence-corrected chi connectivity index (χ2v) is 5.29. The number of benzene rings is 1. The summed E-state index contributed by atoms with van der Waals surface area (Å²) in [6.07, 6.45) is 1.70. The van der Waals surface area contributed by atoms with Crippen LogP contribution in [0.1, 0.15) is 43.4 Å². The lowest BCUT2D eigenvalue weighted by Crippen LogP contribution is -2.34. The molecular weight excluding hydrogens is 252 g/mol. The number of hydrogen-bond acceptors (Lipinski definition) is 3. The number of rotatable bonds is 7. The van der Waals surface area contributed by atoms with Gasteiger partial charge in [-0.2, -0.15) is 0 Å². The summed E-state index contributed by atoms with van der Waals surface area (Å²) >= 11 is 0. The maximum Gasteiger partial charge on any atom is 0.249 e. The molecule has 1 aliphatic heterocycles. The lowest BCUT2D eigenvalue weighted by Gasteiger charge is -2.13. The van der Waals surface area contributed by atoms with E-state index in [1.54, 1.807) is 6.92 Å². The summed E-state index contributed by atoms with van der Waals surface area (Å²) in [7, 11) is 0. The number of carbonyl (C=O) groups excluding carboxylic acids is 1. The van der Waals surface area contributed by atoms with Crippen molar-refractivity contribution in [1.82, 2.24) is 10.6 Å². The third kappa shape index (κ3) is 4.05. The maximum atomic E-state index is 11.9. The van der Waals surface area contributed by atoms with Crippen molar-refractivity contribution in [2.75, 3.05) is 6.61 Å². The summed E-state index contributed by atoms with van der Waals surface area (Å²) in [6, 6.07) is 6.38. The van der Waals surface area contributed by atoms with Crippen molar-refractivity contribution < 1.29 is 9.53 Å². The van der Waals surface area contributed by atoms with Gasteiger partial charge in [0.2, 0.25) is 5.91 Å². The Balaban J connectivity index is 1.78. The second kappa shape index (κ2) is 7.41. The van der Waals surface area contributed by atoms with E-state index in [0.717, 1.165) is 31.5 Å². The fourth-order valence-electron chi connectivity index (χ4n) is 2.27. The molecule has 1 atom stereocenters. The van der Waals surface area contributed by atoms with E-state index >= 15 is 0 Å². The Hall–Kier alpha value is -1.39. The molecule has 0 saturated heterocycles. The molecule has 1 aromatic carbocycles. The summed E-state index contributed by atoms with van der Waals surface area (Å²) in [5, 5.41) is 6.25. The molecule has 1 aliphatic rings. The number of ether oxygens (including phenoxy) is 1. The third-order valence-corrected chi connectivity index (χ3v) is 3.60. The molecule has 0 aromatic heterocycles. The molecule has 0 fully saturated rings. The molecule has 0 aliphatic carbocycles. The van der Waals surface area contributed by atoms with Crippen molar-refractivity contribution in [3.8, 4) is 0 Å². The maximum absolute atomic E-state index is 11.9. The minimum Gasteiger partial charge on any atom is -0.369 e. The van der Waals surface area contributed by atoms with E-state index in [4.69, 9.17) is 4.74 Å². The smallest absolute Gasteiger partial charge is 0.249 e. The largest absolute Gasteiger partial charge is 0.369 e. The molecule has 1 aromatic rings. The van der Waals surface area contributed by atoms with E-state index in [2.05, 4.69) is 35.8 Å². The van der Waals surface area contributed by atoms with E-state index in [9.17, 15) is 4.79 Å². The normalized spacial score (nSPS) is 14.9. The van der Waals surface area contributed by atoms with Crippen LogP contribution in [0.4, 0.5) is 0 Å². The van der Waals surface area contributed by atoms with Gasteiger partial charge < -0.3 is 15.4 Å². The molecular formula is C16H24N2O2. The van der Waals surface area contributed by atoms with Gasteiger partial charge in [0.1, 0.15) is 6.10 Å². The summed E-state index contributed by atoms with van der Waals surface area (Å²) in [6.45, 7) is 7.00. The monoisotopic (exact) mass is 276 g/mol. The van der Waals surface area contributed by atoms with Crippen molar-refractivity contribution in [3.05, 3.63) is 34.9 Å². The molecule has 110 valence electrons. The molecule has 2 rings (SSSR count). The van der Waals surface area contributed by atoms with Gasteiger partial charge in [0.05, 0.1) is 0 Å². The molecule has 0 radical (unpaired) electrons. The van der Waals surface area contributed by atoms with E-state index in [-0.39, 0.29) is 12.0 Å².